The summed E-state index contributed by atoms with van der Waals surface area (Å²) in [5.74, 6) is 0.333. The number of rotatable bonds is 3. The Bertz CT molecular complexity index is 567. The average molecular weight is 267 g/mol. The lowest BCUT2D eigenvalue weighted by Gasteiger charge is -2.17. The van der Waals surface area contributed by atoms with Gasteiger partial charge in [0.05, 0.1) is 0 Å². The zero-order valence-corrected chi connectivity index (χ0v) is 11.6. The van der Waals surface area contributed by atoms with Crippen LogP contribution < -0.4 is 11.5 Å². The van der Waals surface area contributed by atoms with Gasteiger partial charge in [0.25, 0.3) is 0 Å². The number of nitrogen functional groups attached to an aromatic ring is 1. The third-order valence-corrected chi connectivity index (χ3v) is 4.09. The second kappa shape index (κ2) is 5.65. The normalized spacial score (nSPS) is 23.1. The summed E-state index contributed by atoms with van der Waals surface area (Å²) in [4.78, 5) is 2.41. The van der Waals surface area contributed by atoms with E-state index in [-0.39, 0.29) is 6.04 Å². The molecule has 104 valence electrons. The van der Waals surface area contributed by atoms with Crippen LogP contribution in [0.5, 0.6) is 0 Å². The van der Waals surface area contributed by atoms with Gasteiger partial charge in [-0.05, 0) is 17.2 Å². The number of hydrogen-bond acceptors (Lipinski definition) is 3. The van der Waals surface area contributed by atoms with E-state index in [2.05, 4.69) is 35.2 Å². The highest BCUT2D eigenvalue weighted by atomic mass is 15.2. The zero-order chi connectivity index (χ0) is 13.9. The van der Waals surface area contributed by atoms with Crippen molar-refractivity contribution >= 4 is 5.69 Å². The number of hydrogen-bond donors (Lipinski definition) is 2. The molecule has 2 atom stereocenters. The summed E-state index contributed by atoms with van der Waals surface area (Å²) in [7, 11) is 0. The van der Waals surface area contributed by atoms with Crippen molar-refractivity contribution in [2.75, 3.05) is 18.8 Å². The standard InChI is InChI=1S/C17H21N3/c18-16-9-5-4-8-14(16)15-11-20(12-17(15)19)10-13-6-2-1-3-7-13/h1-9,15,17H,10-12,18-19H2. The van der Waals surface area contributed by atoms with E-state index in [4.69, 9.17) is 11.5 Å². The number of likely N-dealkylation sites (tertiary alicyclic amines) is 1. The molecule has 1 aliphatic rings. The topological polar surface area (TPSA) is 55.3 Å². The first-order valence-corrected chi connectivity index (χ1v) is 7.10. The second-order valence-corrected chi connectivity index (χ2v) is 5.58. The van der Waals surface area contributed by atoms with Gasteiger partial charge >= 0.3 is 0 Å². The van der Waals surface area contributed by atoms with Crippen molar-refractivity contribution < 1.29 is 0 Å². The largest absolute Gasteiger partial charge is 0.398 e. The van der Waals surface area contributed by atoms with Crippen molar-refractivity contribution in [3.8, 4) is 0 Å². The van der Waals surface area contributed by atoms with Gasteiger partial charge in [-0.15, -0.1) is 0 Å². The van der Waals surface area contributed by atoms with Crippen molar-refractivity contribution in [3.05, 3.63) is 65.7 Å². The first kappa shape index (κ1) is 13.2. The fourth-order valence-electron chi connectivity index (χ4n) is 3.06. The predicted molar refractivity (Wildman–Crippen MR) is 83.3 cm³/mol. The first-order valence-electron chi connectivity index (χ1n) is 7.10. The van der Waals surface area contributed by atoms with Crippen LogP contribution in [0.3, 0.4) is 0 Å². The molecule has 0 aliphatic carbocycles. The van der Waals surface area contributed by atoms with Crippen LogP contribution in [0.15, 0.2) is 54.6 Å². The summed E-state index contributed by atoms with van der Waals surface area (Å²) in [6, 6.07) is 18.8. The summed E-state index contributed by atoms with van der Waals surface area (Å²) >= 11 is 0. The van der Waals surface area contributed by atoms with Gasteiger partial charge in [-0.2, -0.15) is 0 Å². The smallest absolute Gasteiger partial charge is 0.0350 e. The molecule has 3 nitrogen and oxygen atoms in total. The third kappa shape index (κ3) is 2.69. The Hall–Kier alpha value is -1.84. The lowest BCUT2D eigenvalue weighted by atomic mass is 9.93. The number of nitrogens with two attached hydrogens (primary N) is 2. The molecule has 0 radical (unpaired) electrons. The molecule has 2 aromatic rings. The van der Waals surface area contributed by atoms with Crippen LogP contribution in [0.4, 0.5) is 5.69 Å². The number of nitrogens with zero attached hydrogens (tertiary/aromatic N) is 1. The number of benzene rings is 2. The second-order valence-electron chi connectivity index (χ2n) is 5.58. The molecule has 0 amide bonds. The van der Waals surface area contributed by atoms with E-state index in [9.17, 15) is 0 Å². The number of para-hydroxylation sites is 1. The number of anilines is 1. The van der Waals surface area contributed by atoms with Crippen molar-refractivity contribution in [3.63, 3.8) is 0 Å². The molecule has 1 aliphatic heterocycles. The molecular weight excluding hydrogens is 246 g/mol. The molecule has 1 heterocycles. The Kier molecular flexibility index (Phi) is 3.72. The van der Waals surface area contributed by atoms with Crippen LogP contribution in [0, 0.1) is 0 Å². The van der Waals surface area contributed by atoms with Gasteiger partial charge in [0, 0.05) is 37.3 Å². The Balaban J connectivity index is 1.73. The van der Waals surface area contributed by atoms with Crippen molar-refractivity contribution in [2.45, 2.75) is 18.5 Å². The van der Waals surface area contributed by atoms with Crippen LogP contribution in [0.2, 0.25) is 0 Å². The van der Waals surface area contributed by atoms with Crippen molar-refractivity contribution in [1.29, 1.82) is 0 Å². The molecule has 0 aromatic heterocycles. The summed E-state index contributed by atoms with van der Waals surface area (Å²) in [6.07, 6.45) is 0. The van der Waals surface area contributed by atoms with Crippen LogP contribution in [0.1, 0.15) is 17.0 Å². The van der Waals surface area contributed by atoms with Gasteiger partial charge in [0.1, 0.15) is 0 Å². The quantitative estimate of drug-likeness (QED) is 0.838. The molecule has 0 bridgehead atoms. The lowest BCUT2D eigenvalue weighted by molar-refractivity contribution is 0.324. The van der Waals surface area contributed by atoms with E-state index >= 15 is 0 Å². The molecule has 0 saturated carbocycles. The molecule has 1 saturated heterocycles. The highest BCUT2D eigenvalue weighted by molar-refractivity contribution is 5.49. The predicted octanol–water partition coefficient (Wildman–Crippen LogP) is 2.20. The first-order chi connectivity index (χ1) is 9.74. The molecule has 20 heavy (non-hydrogen) atoms. The van der Waals surface area contributed by atoms with Gasteiger partial charge in [-0.3, -0.25) is 4.90 Å². The van der Waals surface area contributed by atoms with Crippen LogP contribution in [-0.4, -0.2) is 24.0 Å². The molecule has 3 rings (SSSR count). The van der Waals surface area contributed by atoms with Gasteiger partial charge in [-0.1, -0.05) is 48.5 Å². The average Bonchev–Trinajstić information content (AvgIpc) is 2.81. The summed E-state index contributed by atoms with van der Waals surface area (Å²) in [5.41, 5.74) is 15.8. The van der Waals surface area contributed by atoms with Gasteiger partial charge < -0.3 is 11.5 Å². The minimum Gasteiger partial charge on any atom is -0.398 e. The maximum absolute atomic E-state index is 6.33. The Morgan fingerprint density at radius 1 is 0.950 bits per heavy atom. The Labute approximate surface area is 120 Å². The van der Waals surface area contributed by atoms with Crippen LogP contribution >= 0.6 is 0 Å². The Morgan fingerprint density at radius 3 is 2.40 bits per heavy atom. The van der Waals surface area contributed by atoms with Gasteiger partial charge in [-0.25, -0.2) is 0 Å². The fraction of sp³-hybridized carbons (Fsp3) is 0.294. The summed E-state index contributed by atoms with van der Waals surface area (Å²) in [5, 5.41) is 0. The molecule has 2 aromatic carbocycles. The van der Waals surface area contributed by atoms with E-state index in [0.717, 1.165) is 25.3 Å². The molecular formula is C17H21N3. The van der Waals surface area contributed by atoms with Crippen molar-refractivity contribution in [2.24, 2.45) is 5.73 Å². The molecule has 2 unspecified atom stereocenters. The van der Waals surface area contributed by atoms with Crippen LogP contribution in [-0.2, 0) is 6.54 Å². The van der Waals surface area contributed by atoms with E-state index in [0.29, 0.717) is 5.92 Å². The third-order valence-electron chi connectivity index (χ3n) is 4.09. The molecule has 4 N–H and O–H groups in total. The van der Waals surface area contributed by atoms with Crippen LogP contribution in [0.25, 0.3) is 0 Å². The van der Waals surface area contributed by atoms with Gasteiger partial charge in [0.2, 0.25) is 0 Å². The van der Waals surface area contributed by atoms with E-state index in [1.807, 2.05) is 24.3 Å². The van der Waals surface area contributed by atoms with E-state index < -0.39 is 0 Å². The van der Waals surface area contributed by atoms with Crippen molar-refractivity contribution in [1.82, 2.24) is 4.90 Å². The lowest BCUT2D eigenvalue weighted by Crippen LogP contribution is -2.28. The maximum Gasteiger partial charge on any atom is 0.0350 e. The minimum absolute atomic E-state index is 0.156. The fourth-order valence-corrected chi connectivity index (χ4v) is 3.06. The zero-order valence-electron chi connectivity index (χ0n) is 11.6. The van der Waals surface area contributed by atoms with E-state index in [1.54, 1.807) is 0 Å². The summed E-state index contributed by atoms with van der Waals surface area (Å²) in [6.45, 7) is 2.86. The monoisotopic (exact) mass is 267 g/mol. The molecule has 0 spiro atoms. The van der Waals surface area contributed by atoms with Gasteiger partial charge in [0.15, 0.2) is 0 Å². The molecule has 3 heteroatoms. The highest BCUT2D eigenvalue weighted by Crippen LogP contribution is 2.30. The maximum atomic E-state index is 6.33. The van der Waals surface area contributed by atoms with E-state index in [1.165, 1.54) is 11.1 Å². The SMILES string of the molecule is Nc1ccccc1C1CN(Cc2ccccc2)CC1N. The summed E-state index contributed by atoms with van der Waals surface area (Å²) < 4.78 is 0. The molecule has 1 fully saturated rings. The minimum atomic E-state index is 0.156. The highest BCUT2D eigenvalue weighted by Gasteiger charge is 2.32. The Morgan fingerprint density at radius 2 is 1.65 bits per heavy atom.